The van der Waals surface area contributed by atoms with E-state index in [0.29, 0.717) is 38.9 Å². The van der Waals surface area contributed by atoms with Crippen LogP contribution in [0, 0.1) is 17.8 Å². The van der Waals surface area contributed by atoms with Crippen LogP contribution in [0.3, 0.4) is 0 Å². The van der Waals surface area contributed by atoms with Gasteiger partial charge in [-0.3, -0.25) is 59.6 Å². The van der Waals surface area contributed by atoms with Crippen molar-refractivity contribution in [3.05, 3.63) is 222 Å². The van der Waals surface area contributed by atoms with Gasteiger partial charge in [0.05, 0.1) is 33.8 Å². The molecule has 14 rings (SSSR count). The maximum Gasteiger partial charge on any atom is 0.0122 e. The second-order valence-corrected chi connectivity index (χ2v) is 102. The Morgan fingerprint density at radius 2 is 0.670 bits per heavy atom. The summed E-state index contributed by atoms with van der Waals surface area (Å²) in [4.78, 5) is 89.3. The van der Waals surface area contributed by atoms with Crippen LogP contribution >= 0.6 is 197 Å². The van der Waals surface area contributed by atoms with Gasteiger partial charge in [-0.2, -0.15) is 0 Å². The fraction of sp³-hybridized carbons (Fsp3) is 0.342. The molecular weight excluding hydrogens is 2510 g/mol. The van der Waals surface area contributed by atoms with E-state index in [4.69, 9.17) is 5.73 Å². The van der Waals surface area contributed by atoms with Gasteiger partial charge in [0.25, 0.3) is 23.6 Å². The fourth-order valence-corrected chi connectivity index (χ4v) is 10.2. The van der Waals surface area contributed by atoms with Crippen molar-refractivity contribution in [3.8, 4) is 0 Å². The van der Waals surface area contributed by atoms with Crippen LogP contribution in [0.15, 0.2) is 194 Å². The number of hydrogen-bond acceptors (Lipinski definition) is 10. The number of nitrogens with one attached hydrogen (secondary N) is 5. The molecule has 8 amide bonds. The number of nitrogens with two attached hydrogens (primary N) is 1. The van der Waals surface area contributed by atoms with Gasteiger partial charge in [0.2, 0.25) is 23.6 Å². The Morgan fingerprint density at radius 3 is 0.860 bits per heavy atom. The molecule has 6 aromatic carbocycles. The predicted octanol–water partition coefficient (Wildman–Crippen LogP) is 21.7. The van der Waals surface area contributed by atoms with Crippen molar-refractivity contribution in [3.63, 3.8) is 0 Å². The molecule has 3 aliphatic carbocycles. The van der Waals surface area contributed by atoms with E-state index in [1.807, 2.05) is 210 Å². The minimum absolute atomic E-state index is 0. The third-order valence-corrected chi connectivity index (χ3v) is 14.3. The summed E-state index contributed by atoms with van der Waals surface area (Å²) >= 11 is 23.8. The van der Waals surface area contributed by atoms with Crippen molar-refractivity contribution in [1.29, 1.82) is 0 Å². The number of piperidine rings is 3. The van der Waals surface area contributed by atoms with Gasteiger partial charge in [-0.15, -0.1) is 0 Å². The molecule has 551 valence electrons. The zero-order chi connectivity index (χ0) is 75.0. The summed E-state index contributed by atoms with van der Waals surface area (Å²) in [7, 11) is 0.628. The maximum atomic E-state index is 11.6. The summed E-state index contributed by atoms with van der Waals surface area (Å²) in [6, 6.07) is 57.7. The number of carbonyl (C=O) groups is 8. The minimum atomic E-state index is -0.516. The second kappa shape index (κ2) is 62.0. The number of nitrogen functional groups attached to an aromatic ring is 1. The van der Waals surface area contributed by atoms with E-state index < -0.39 is 10.8 Å². The largest absolute Gasteiger partial charge is 0.316 e. The number of fused-ring (bicyclic) bond motifs is 3. The van der Waals surface area contributed by atoms with Gasteiger partial charge < -0.3 is 11.1 Å². The molecule has 7 N–H and O–H groups in total. The minimum Gasteiger partial charge on any atom is -0.316 e. The second-order valence-electron chi connectivity index (χ2n) is 19.2. The molecule has 0 radical (unpaired) electrons. The summed E-state index contributed by atoms with van der Waals surface area (Å²) in [5.74, 6) is -1.11. The van der Waals surface area contributed by atoms with Crippen LogP contribution in [-0.2, 0) is 73.9 Å². The molecule has 5 aliphatic heterocycles. The van der Waals surface area contributed by atoms with Gasteiger partial charge in [0.15, 0.2) is 0 Å². The number of benzene rings is 6. The zero-order valence-electron chi connectivity index (χ0n) is 56.7. The first kappa shape index (κ1) is 107. The number of rotatable bonds is 5. The van der Waals surface area contributed by atoms with Crippen LogP contribution in [0.4, 0.5) is 5.69 Å². The Hall–Kier alpha value is 0.173. The number of amides is 8. The Kier molecular flexibility index (Phi) is 66.0. The van der Waals surface area contributed by atoms with E-state index in [9.17, 15) is 38.4 Å². The Balaban J connectivity index is -0.000000520. The molecule has 0 bridgehead atoms. The normalized spacial score (nSPS) is 19.9. The number of anilines is 1. The van der Waals surface area contributed by atoms with E-state index >= 15 is 0 Å². The van der Waals surface area contributed by atoms with Crippen molar-refractivity contribution in [2.24, 2.45) is 17.8 Å². The molecule has 5 heterocycles. The SMILES string of the molecule is C.C.CC.CC.CC.CC.CC.CC.II.Nc1ccccc1.O=C1C=C(c2ccccc2)C(=O)N1.O=C1C=C(c2ccccc2)C(=O)N1.O=C1NC(=O)C2(c3ccccc3)CC12.O=C1NC(=O)C2(c3ccccc3)CC12.[I][V]([I])[I].[I][V]([I])[I].[I][V][I].c1ccc(C23CNCC2C3)cc1. The summed E-state index contributed by atoms with van der Waals surface area (Å²) in [6.07, 6.45) is 5.41. The average molecular weight is 2610 g/mol. The Bertz CT molecular complexity index is 3170. The first-order chi connectivity index (χ1) is 47.2. The van der Waals surface area contributed by atoms with Gasteiger partial charge in [0, 0.05) is 67.0 Å². The summed E-state index contributed by atoms with van der Waals surface area (Å²) in [6.45, 7) is 26.4. The molecule has 6 fully saturated rings. The molecule has 6 atom stereocenters. The molecule has 6 aromatic rings. The van der Waals surface area contributed by atoms with Crippen LogP contribution in [0.1, 0.15) is 145 Å². The molecule has 14 nitrogen and oxygen atoms in total. The van der Waals surface area contributed by atoms with Crippen molar-refractivity contribution < 1.29 is 57.7 Å². The summed E-state index contributed by atoms with van der Waals surface area (Å²) in [5.41, 5.74) is 11.6. The molecular formula is C73H96I10N6O8V3. The molecule has 3 saturated carbocycles. The van der Waals surface area contributed by atoms with Gasteiger partial charge in [0.1, 0.15) is 0 Å². The van der Waals surface area contributed by atoms with Crippen LogP contribution < -0.4 is 32.3 Å². The molecule has 100 heavy (non-hydrogen) atoms. The number of carbonyl (C=O) groups excluding carboxylic acids is 8. The maximum absolute atomic E-state index is 11.6. The smallest absolute Gasteiger partial charge is 0.0122 e. The third kappa shape index (κ3) is 36.1. The van der Waals surface area contributed by atoms with E-state index in [1.54, 1.807) is 29.8 Å². The standard InChI is InChI=1S/2C11H9NO2.C11H13N.2C10H7NO2.C6H7N.6C2H6.2CH4.I2.8HI.3V/c2*13-9-8-6-11(8,10(14)12-9)7-4-2-1-3-5-7;1-2-4-9(5-3-1)11-6-10(11)7-12-8-11;2*12-9-6-8(10(13)11-9)7-4-2-1-3-5-7;7-6-4-2-1-3-5-6;6*1-2;;;1-2;;;;;;;;;;;/h2*1-5,8H,6H2,(H,12,13,14);1-5,10,12H,6-8H2;2*1-6H,(H,11,12,13);1-5H,7H2;6*1-2H3;2*1H4;;8*1H;;;/q;;;;;;;;;;;;;;;;;;;;;;;+2;2*+3/p-8. The molecule has 0 aromatic heterocycles. The van der Waals surface area contributed by atoms with E-state index in [0.717, 1.165) is 33.9 Å². The number of para-hydroxylation sites is 1. The average Bonchev–Trinajstić information content (AvgIpc) is 1.55. The van der Waals surface area contributed by atoms with Gasteiger partial charge >= 0.3 is 179 Å². The van der Waals surface area contributed by atoms with E-state index in [1.165, 1.54) is 31.7 Å². The van der Waals surface area contributed by atoms with Crippen LogP contribution in [0.2, 0.25) is 0 Å². The first-order valence-electron chi connectivity index (χ1n) is 31.5. The van der Waals surface area contributed by atoms with Gasteiger partial charge in [-0.1, -0.05) is 268 Å². The van der Waals surface area contributed by atoms with Crippen molar-refractivity contribution in [2.45, 2.75) is 133 Å². The monoisotopic (exact) mass is 2610 g/mol. The topological polar surface area (TPSA) is 223 Å². The number of hydrogen-bond donors (Lipinski definition) is 6. The summed E-state index contributed by atoms with van der Waals surface area (Å²) in [5, 5.41) is 12.6. The predicted molar refractivity (Wildman–Crippen MR) is 496 cm³/mol. The zero-order valence-corrected chi connectivity index (χ0v) is 82.5. The van der Waals surface area contributed by atoms with Crippen molar-refractivity contribution in [2.75, 3.05) is 18.8 Å². The molecule has 8 aliphatic rings. The Morgan fingerprint density at radius 1 is 0.410 bits per heavy atom. The van der Waals surface area contributed by atoms with E-state index in [-0.39, 0.29) is 83.8 Å². The Labute approximate surface area is 725 Å². The quantitative estimate of drug-likeness (QED) is 0.0544. The van der Waals surface area contributed by atoms with Crippen molar-refractivity contribution in [1.82, 2.24) is 26.6 Å². The summed E-state index contributed by atoms with van der Waals surface area (Å²) < 4.78 is 0. The third-order valence-electron chi connectivity index (χ3n) is 14.3. The van der Waals surface area contributed by atoms with Crippen molar-refractivity contribution >= 4 is 261 Å². The van der Waals surface area contributed by atoms with E-state index in [2.05, 4.69) is 254 Å². The van der Waals surface area contributed by atoms with Crippen LogP contribution in [0.25, 0.3) is 11.1 Å². The van der Waals surface area contributed by atoms with Gasteiger partial charge in [-0.25, -0.2) is 0 Å². The number of imide groups is 4. The molecule has 3 saturated heterocycles. The molecule has 6 unspecified atom stereocenters. The molecule has 27 heteroatoms. The fourth-order valence-electron chi connectivity index (χ4n) is 10.2. The first-order valence-corrected chi connectivity index (χ1v) is 73.8. The van der Waals surface area contributed by atoms with Crippen LogP contribution in [0.5, 0.6) is 0 Å². The van der Waals surface area contributed by atoms with Crippen LogP contribution in [-0.4, -0.2) is 60.3 Å². The molecule has 0 spiro atoms. The van der Waals surface area contributed by atoms with Gasteiger partial charge in [-0.05, 0) is 71.7 Å². The number of halogens is 10.